The first kappa shape index (κ1) is 26.3. The smallest absolute Gasteiger partial charge is 0.381 e. The number of carboxylic acids is 1. The summed E-state index contributed by atoms with van der Waals surface area (Å²) in [5.74, 6) is -30.5. The van der Waals surface area contributed by atoms with E-state index < -0.39 is 66.6 Å². The summed E-state index contributed by atoms with van der Waals surface area (Å²) < 4.78 is 169. The molecular weight excluding hydrogens is 435 g/mol. The third-order valence-corrected chi connectivity index (χ3v) is 3.46. The second-order valence-electron chi connectivity index (χ2n) is 5.47. The summed E-state index contributed by atoms with van der Waals surface area (Å²) in [5, 5.41) is 8.37. The molecule has 166 valence electrons. The average molecular weight is 446 g/mol. The van der Waals surface area contributed by atoms with Crippen molar-refractivity contribution in [2.45, 2.75) is 62.0 Å². The molecule has 0 amide bonds. The zero-order valence-corrected chi connectivity index (χ0v) is 13.4. The Bertz CT molecular complexity index is 587. The highest BCUT2D eigenvalue weighted by atomic mass is 19.4. The summed E-state index contributed by atoms with van der Waals surface area (Å²) >= 11 is 0. The van der Waals surface area contributed by atoms with Crippen LogP contribution in [0.2, 0.25) is 0 Å². The number of carbonyl (C=O) groups is 1. The van der Waals surface area contributed by atoms with Crippen molar-refractivity contribution in [3.8, 4) is 0 Å². The van der Waals surface area contributed by atoms with Gasteiger partial charge in [-0.1, -0.05) is 6.08 Å². The highest BCUT2D eigenvalue weighted by Crippen LogP contribution is 2.56. The van der Waals surface area contributed by atoms with E-state index in [2.05, 4.69) is 0 Å². The monoisotopic (exact) mass is 446 g/mol. The van der Waals surface area contributed by atoms with Gasteiger partial charge in [-0.2, -0.15) is 35.1 Å². The maximum atomic E-state index is 13.4. The van der Waals surface area contributed by atoms with Gasteiger partial charge in [0.1, 0.15) is 0 Å². The molecule has 0 fully saturated rings. The summed E-state index contributed by atoms with van der Waals surface area (Å²) in [5.41, 5.74) is -0.903. The minimum atomic E-state index is -7.52. The van der Waals surface area contributed by atoms with E-state index in [4.69, 9.17) is 5.11 Å². The molecule has 3 atom stereocenters. The van der Waals surface area contributed by atoms with Gasteiger partial charge in [-0.25, -0.2) is 26.7 Å². The van der Waals surface area contributed by atoms with Gasteiger partial charge < -0.3 is 5.11 Å². The molecule has 1 N–H and O–H groups in total. The molecule has 0 saturated carbocycles. The maximum Gasteiger partial charge on any atom is 0.381 e. The van der Waals surface area contributed by atoms with E-state index >= 15 is 0 Å². The Morgan fingerprint density at radius 1 is 0.857 bits per heavy atom. The van der Waals surface area contributed by atoms with Gasteiger partial charge in [0.15, 0.2) is 12.3 Å². The van der Waals surface area contributed by atoms with Gasteiger partial charge in [0.2, 0.25) is 6.17 Å². The van der Waals surface area contributed by atoms with Crippen molar-refractivity contribution in [1.29, 1.82) is 0 Å². The molecule has 0 aromatic carbocycles. The van der Waals surface area contributed by atoms with Crippen LogP contribution in [0.3, 0.4) is 0 Å². The lowest BCUT2D eigenvalue weighted by Gasteiger charge is -2.39. The van der Waals surface area contributed by atoms with Crippen LogP contribution in [0.15, 0.2) is 11.6 Å². The van der Waals surface area contributed by atoms with Crippen LogP contribution in [0.5, 0.6) is 0 Å². The molecule has 0 aliphatic heterocycles. The molecule has 0 aromatic rings. The largest absolute Gasteiger partial charge is 0.478 e. The normalized spacial score (nSPS) is 18.2. The Balaban J connectivity index is 5.96. The molecule has 0 rings (SSSR count). The van der Waals surface area contributed by atoms with Crippen molar-refractivity contribution in [3.63, 3.8) is 0 Å². The molecule has 0 aliphatic carbocycles. The second-order valence-corrected chi connectivity index (χ2v) is 5.47. The molecule has 15 heteroatoms. The number of alkyl halides is 13. The summed E-state index contributed by atoms with van der Waals surface area (Å²) in [6, 6.07) is 0. The standard InChI is InChI=1S/C13H11F13O2/c1-4(9(27)28)2-3-5(14)10(19,20)12(23,24)13(25,26)11(21,22)7(16)6(15)8(17)18/h2,5-8H,3H2,1H3,(H,27,28). The van der Waals surface area contributed by atoms with Crippen LogP contribution in [-0.2, 0) is 4.79 Å². The minimum Gasteiger partial charge on any atom is -0.478 e. The van der Waals surface area contributed by atoms with Crippen LogP contribution < -0.4 is 0 Å². The molecule has 0 saturated heterocycles. The molecule has 0 bridgehead atoms. The van der Waals surface area contributed by atoms with E-state index in [-0.39, 0.29) is 6.08 Å². The predicted octanol–water partition coefficient (Wildman–Crippen LogP) is 5.23. The SMILES string of the molecule is CC(=CCC(F)C(F)(F)C(F)(F)C(F)(F)C(F)(F)C(F)C(F)C(F)F)C(=O)O. The minimum absolute atomic E-state index is 0.0413. The van der Waals surface area contributed by atoms with Crippen LogP contribution in [0.1, 0.15) is 13.3 Å². The van der Waals surface area contributed by atoms with Crippen molar-refractivity contribution in [3.05, 3.63) is 11.6 Å². The van der Waals surface area contributed by atoms with Gasteiger partial charge in [0.05, 0.1) is 0 Å². The van der Waals surface area contributed by atoms with Gasteiger partial charge in [-0.3, -0.25) is 0 Å². The number of hydrogen-bond donors (Lipinski definition) is 1. The van der Waals surface area contributed by atoms with E-state index in [1.165, 1.54) is 0 Å². The molecule has 28 heavy (non-hydrogen) atoms. The van der Waals surface area contributed by atoms with Gasteiger partial charge in [-0.15, -0.1) is 0 Å². The van der Waals surface area contributed by atoms with Crippen molar-refractivity contribution in [1.82, 2.24) is 0 Å². The Labute approximate surface area is 148 Å². The van der Waals surface area contributed by atoms with Crippen LogP contribution in [0, 0.1) is 0 Å². The summed E-state index contributed by atoms with van der Waals surface area (Å²) in [6.07, 6.45) is -21.1. The fourth-order valence-corrected chi connectivity index (χ4v) is 1.63. The van der Waals surface area contributed by atoms with Crippen molar-refractivity contribution in [2.24, 2.45) is 0 Å². The Kier molecular flexibility index (Phi) is 7.84. The lowest BCUT2D eigenvalue weighted by Crippen LogP contribution is -2.68. The number of hydrogen-bond acceptors (Lipinski definition) is 1. The fraction of sp³-hybridized carbons (Fsp3) is 0.769. The van der Waals surface area contributed by atoms with Crippen molar-refractivity contribution >= 4 is 5.97 Å². The number of aliphatic carboxylic acids is 1. The molecule has 0 aromatic heterocycles. The van der Waals surface area contributed by atoms with Gasteiger partial charge >= 0.3 is 29.7 Å². The quantitative estimate of drug-likeness (QED) is 0.369. The summed E-state index contributed by atoms with van der Waals surface area (Å²) in [6.45, 7) is 0.660. The zero-order valence-electron chi connectivity index (χ0n) is 13.4. The first-order valence-corrected chi connectivity index (χ1v) is 6.88. The molecule has 2 nitrogen and oxygen atoms in total. The van der Waals surface area contributed by atoms with E-state index in [1.807, 2.05) is 0 Å². The highest BCUT2D eigenvalue weighted by molar-refractivity contribution is 5.85. The maximum absolute atomic E-state index is 13.4. The van der Waals surface area contributed by atoms with E-state index in [9.17, 15) is 61.9 Å². The first-order chi connectivity index (χ1) is 12.3. The van der Waals surface area contributed by atoms with Crippen molar-refractivity contribution in [2.75, 3.05) is 0 Å². The molecule has 0 spiro atoms. The third-order valence-electron chi connectivity index (χ3n) is 3.46. The van der Waals surface area contributed by atoms with Crippen LogP contribution >= 0.6 is 0 Å². The Morgan fingerprint density at radius 2 is 1.25 bits per heavy atom. The fourth-order valence-electron chi connectivity index (χ4n) is 1.63. The molecule has 0 heterocycles. The second kappa shape index (κ2) is 8.35. The molecule has 0 radical (unpaired) electrons. The Morgan fingerprint density at radius 3 is 1.61 bits per heavy atom. The number of halogens is 13. The molecule has 3 unspecified atom stereocenters. The van der Waals surface area contributed by atoms with Gasteiger partial charge in [0.25, 0.3) is 6.43 Å². The Hall–Kier alpha value is -1.70. The lowest BCUT2D eigenvalue weighted by atomic mass is 9.91. The van der Waals surface area contributed by atoms with E-state index in [0.717, 1.165) is 0 Å². The average Bonchev–Trinajstić information content (AvgIpc) is 2.56. The summed E-state index contributed by atoms with van der Waals surface area (Å²) in [4.78, 5) is 10.4. The molecular formula is C13H11F13O2. The number of allylic oxidation sites excluding steroid dienone is 1. The number of rotatable bonds is 10. The topological polar surface area (TPSA) is 37.3 Å². The third kappa shape index (κ3) is 4.47. The summed E-state index contributed by atoms with van der Waals surface area (Å²) in [7, 11) is 0. The van der Waals surface area contributed by atoms with E-state index in [1.54, 1.807) is 0 Å². The first-order valence-electron chi connectivity index (χ1n) is 6.88. The zero-order chi connectivity index (χ0) is 22.9. The van der Waals surface area contributed by atoms with Crippen LogP contribution in [0.25, 0.3) is 0 Å². The van der Waals surface area contributed by atoms with Crippen LogP contribution in [0.4, 0.5) is 57.1 Å². The molecule has 0 aliphatic rings. The van der Waals surface area contributed by atoms with Gasteiger partial charge in [0, 0.05) is 12.0 Å². The number of carboxylic acid groups (broad SMARTS) is 1. The van der Waals surface area contributed by atoms with E-state index in [0.29, 0.717) is 6.92 Å². The van der Waals surface area contributed by atoms with Crippen molar-refractivity contribution < 1.29 is 67.0 Å². The lowest BCUT2D eigenvalue weighted by molar-refractivity contribution is -0.386. The predicted molar refractivity (Wildman–Crippen MR) is 66.5 cm³/mol. The van der Waals surface area contributed by atoms with Gasteiger partial charge in [-0.05, 0) is 6.92 Å². The highest BCUT2D eigenvalue weighted by Gasteiger charge is 2.84. The van der Waals surface area contributed by atoms with Crippen LogP contribution in [-0.4, -0.2) is 59.7 Å².